The van der Waals surface area contributed by atoms with Crippen LogP contribution in [0.5, 0.6) is 0 Å². The highest BCUT2D eigenvalue weighted by Crippen LogP contribution is 2.11. The smallest absolute Gasteiger partial charge is 0.191 e. The van der Waals surface area contributed by atoms with Crippen molar-refractivity contribution < 1.29 is 4.74 Å². The summed E-state index contributed by atoms with van der Waals surface area (Å²) < 4.78 is 7.66. The first-order chi connectivity index (χ1) is 9.88. The van der Waals surface area contributed by atoms with Gasteiger partial charge in [0, 0.05) is 38.6 Å². The van der Waals surface area contributed by atoms with E-state index in [0.29, 0.717) is 6.10 Å². The van der Waals surface area contributed by atoms with Crippen LogP contribution in [0.25, 0.3) is 0 Å². The highest BCUT2D eigenvalue weighted by atomic mass is 127. The van der Waals surface area contributed by atoms with E-state index in [1.165, 1.54) is 0 Å². The Morgan fingerprint density at radius 3 is 3.05 bits per heavy atom. The molecule has 2 heterocycles. The molecular weight excluding hydrogens is 381 g/mol. The molecule has 1 unspecified atom stereocenters. The Morgan fingerprint density at radius 2 is 2.38 bits per heavy atom. The Bertz CT molecular complexity index is 390. The van der Waals surface area contributed by atoms with Crippen molar-refractivity contribution in [3.05, 3.63) is 18.7 Å². The summed E-state index contributed by atoms with van der Waals surface area (Å²) in [5.41, 5.74) is 0. The van der Waals surface area contributed by atoms with Crippen molar-refractivity contribution in [1.82, 2.24) is 20.2 Å². The lowest BCUT2D eigenvalue weighted by atomic mass is 10.2. The van der Waals surface area contributed by atoms with Crippen molar-refractivity contribution >= 4 is 29.9 Å². The van der Waals surface area contributed by atoms with E-state index < -0.39 is 0 Å². The van der Waals surface area contributed by atoms with Crippen LogP contribution in [0.2, 0.25) is 0 Å². The zero-order valence-electron chi connectivity index (χ0n) is 12.6. The van der Waals surface area contributed by atoms with Gasteiger partial charge >= 0.3 is 0 Å². The SMILES string of the molecule is CCNC(=NCC1CCCO1)NCCCn1ccnc1.I. The van der Waals surface area contributed by atoms with Crippen LogP contribution in [0.4, 0.5) is 0 Å². The van der Waals surface area contributed by atoms with E-state index in [1.807, 2.05) is 12.5 Å². The van der Waals surface area contributed by atoms with Crippen molar-refractivity contribution in [2.45, 2.75) is 38.8 Å². The van der Waals surface area contributed by atoms with Gasteiger partial charge < -0.3 is 19.9 Å². The van der Waals surface area contributed by atoms with Gasteiger partial charge in [-0.15, -0.1) is 24.0 Å². The van der Waals surface area contributed by atoms with E-state index in [4.69, 9.17) is 4.74 Å². The van der Waals surface area contributed by atoms with Gasteiger partial charge in [0.1, 0.15) is 0 Å². The standard InChI is InChI=1S/C14H25N5O.HI/c1-2-16-14(18-11-13-5-3-10-20-13)17-6-4-8-19-9-7-15-12-19;/h7,9,12-13H,2-6,8,10-11H2,1H3,(H2,16,17,18);1H. The molecule has 0 amide bonds. The number of ether oxygens (including phenoxy) is 1. The molecule has 2 N–H and O–H groups in total. The van der Waals surface area contributed by atoms with Crippen LogP contribution in [0.15, 0.2) is 23.7 Å². The minimum absolute atomic E-state index is 0. The van der Waals surface area contributed by atoms with Crippen LogP contribution in [0.3, 0.4) is 0 Å². The first kappa shape index (κ1) is 18.2. The third-order valence-electron chi connectivity index (χ3n) is 3.27. The average molecular weight is 407 g/mol. The molecule has 0 aliphatic carbocycles. The Balaban J connectivity index is 0.00000220. The highest BCUT2D eigenvalue weighted by molar-refractivity contribution is 14.0. The van der Waals surface area contributed by atoms with Gasteiger partial charge in [-0.2, -0.15) is 0 Å². The van der Waals surface area contributed by atoms with Crippen molar-refractivity contribution in [1.29, 1.82) is 0 Å². The zero-order valence-corrected chi connectivity index (χ0v) is 15.0. The summed E-state index contributed by atoms with van der Waals surface area (Å²) >= 11 is 0. The lowest BCUT2D eigenvalue weighted by molar-refractivity contribution is 0.117. The number of guanidine groups is 1. The third-order valence-corrected chi connectivity index (χ3v) is 3.27. The molecule has 120 valence electrons. The van der Waals surface area contributed by atoms with Gasteiger partial charge in [-0.05, 0) is 26.2 Å². The lowest BCUT2D eigenvalue weighted by Gasteiger charge is -2.13. The van der Waals surface area contributed by atoms with Crippen LogP contribution in [0.1, 0.15) is 26.2 Å². The van der Waals surface area contributed by atoms with Crippen LogP contribution in [-0.4, -0.2) is 47.9 Å². The zero-order chi connectivity index (χ0) is 14.0. The molecule has 0 spiro atoms. The van der Waals surface area contributed by atoms with Gasteiger partial charge in [0.2, 0.25) is 0 Å². The van der Waals surface area contributed by atoms with Crippen molar-refractivity contribution in [2.24, 2.45) is 4.99 Å². The number of imidazole rings is 1. The van der Waals surface area contributed by atoms with Gasteiger partial charge in [-0.3, -0.25) is 4.99 Å². The average Bonchev–Trinajstić information content (AvgIpc) is 3.13. The Hall–Kier alpha value is -0.830. The number of nitrogens with one attached hydrogen (secondary N) is 2. The molecule has 1 aliphatic heterocycles. The predicted molar refractivity (Wildman–Crippen MR) is 95.2 cm³/mol. The minimum atomic E-state index is 0. The summed E-state index contributed by atoms with van der Waals surface area (Å²) in [4.78, 5) is 8.61. The molecule has 1 atom stereocenters. The molecule has 0 radical (unpaired) electrons. The van der Waals surface area contributed by atoms with Gasteiger partial charge in [-0.1, -0.05) is 0 Å². The Labute approximate surface area is 143 Å². The first-order valence-corrected chi connectivity index (χ1v) is 7.48. The number of aromatic nitrogens is 2. The normalized spacial score (nSPS) is 18.3. The van der Waals surface area contributed by atoms with E-state index >= 15 is 0 Å². The largest absolute Gasteiger partial charge is 0.376 e. The molecule has 1 saturated heterocycles. The maximum atomic E-state index is 5.58. The van der Waals surface area contributed by atoms with E-state index in [2.05, 4.69) is 32.1 Å². The number of hydrogen-bond acceptors (Lipinski definition) is 3. The molecule has 1 aromatic rings. The number of nitrogens with zero attached hydrogens (tertiary/aromatic N) is 3. The second kappa shape index (κ2) is 10.8. The molecule has 0 aromatic carbocycles. The summed E-state index contributed by atoms with van der Waals surface area (Å²) in [6.07, 6.45) is 9.27. The topological polar surface area (TPSA) is 63.5 Å². The first-order valence-electron chi connectivity index (χ1n) is 7.48. The van der Waals surface area contributed by atoms with Crippen molar-refractivity contribution in [3.63, 3.8) is 0 Å². The van der Waals surface area contributed by atoms with E-state index in [-0.39, 0.29) is 24.0 Å². The maximum Gasteiger partial charge on any atom is 0.191 e. The fourth-order valence-corrected chi connectivity index (χ4v) is 2.21. The molecule has 0 bridgehead atoms. The number of halogens is 1. The number of hydrogen-bond donors (Lipinski definition) is 2. The summed E-state index contributed by atoms with van der Waals surface area (Å²) in [5.74, 6) is 0.883. The van der Waals surface area contributed by atoms with Crippen LogP contribution >= 0.6 is 24.0 Å². The maximum absolute atomic E-state index is 5.58. The third kappa shape index (κ3) is 7.12. The number of aryl methyl sites for hydroxylation is 1. The molecule has 1 fully saturated rings. The number of aliphatic imine (C=N–C) groups is 1. The van der Waals surface area contributed by atoms with E-state index in [9.17, 15) is 0 Å². The Kier molecular flexibility index (Phi) is 9.40. The van der Waals surface area contributed by atoms with Gasteiger partial charge in [0.25, 0.3) is 0 Å². The summed E-state index contributed by atoms with van der Waals surface area (Å²) in [7, 11) is 0. The van der Waals surface area contributed by atoms with Gasteiger partial charge in [-0.25, -0.2) is 4.98 Å². The predicted octanol–water partition coefficient (Wildman–Crippen LogP) is 1.63. The van der Waals surface area contributed by atoms with Gasteiger partial charge in [0.15, 0.2) is 5.96 Å². The number of rotatable bonds is 7. The monoisotopic (exact) mass is 407 g/mol. The van der Waals surface area contributed by atoms with Gasteiger partial charge in [0.05, 0.1) is 19.0 Å². The second-order valence-electron chi connectivity index (χ2n) is 4.94. The minimum Gasteiger partial charge on any atom is -0.376 e. The summed E-state index contributed by atoms with van der Waals surface area (Å²) in [6.45, 7) is 6.45. The fraction of sp³-hybridized carbons (Fsp3) is 0.714. The van der Waals surface area contributed by atoms with E-state index in [0.717, 1.165) is 58.0 Å². The highest BCUT2D eigenvalue weighted by Gasteiger charge is 2.14. The molecule has 1 aliphatic rings. The van der Waals surface area contributed by atoms with Crippen LogP contribution in [-0.2, 0) is 11.3 Å². The fourth-order valence-electron chi connectivity index (χ4n) is 2.21. The second-order valence-corrected chi connectivity index (χ2v) is 4.94. The van der Waals surface area contributed by atoms with Crippen molar-refractivity contribution in [3.8, 4) is 0 Å². The van der Waals surface area contributed by atoms with Crippen molar-refractivity contribution in [2.75, 3.05) is 26.2 Å². The van der Waals surface area contributed by atoms with E-state index in [1.54, 1.807) is 6.20 Å². The molecule has 0 saturated carbocycles. The van der Waals surface area contributed by atoms with Crippen LogP contribution in [0, 0.1) is 0 Å². The molecule has 1 aromatic heterocycles. The molecular formula is C14H26IN5O. The summed E-state index contributed by atoms with van der Waals surface area (Å²) in [6, 6.07) is 0. The summed E-state index contributed by atoms with van der Waals surface area (Å²) in [5, 5.41) is 6.62. The molecule has 21 heavy (non-hydrogen) atoms. The molecule has 2 rings (SSSR count). The lowest BCUT2D eigenvalue weighted by Crippen LogP contribution is -2.38. The molecule has 7 heteroatoms. The quantitative estimate of drug-likeness (QED) is 0.312. The van der Waals surface area contributed by atoms with Crippen LogP contribution < -0.4 is 10.6 Å². The molecule has 6 nitrogen and oxygen atoms in total. The Morgan fingerprint density at radius 1 is 1.48 bits per heavy atom.